The molecule has 0 aliphatic rings. The molecule has 0 unspecified atom stereocenters. The number of hydrogen-bond donors (Lipinski definition) is 1. The van der Waals surface area contributed by atoms with Gasteiger partial charge in [-0.1, -0.05) is 50.1 Å². The minimum Gasteiger partial charge on any atom is -0.350 e. The Hall–Kier alpha value is -0.810. The molecule has 0 atom stereocenters. The van der Waals surface area contributed by atoms with Crippen LogP contribution in [0.25, 0.3) is 0 Å². The molecule has 1 aromatic heterocycles. The van der Waals surface area contributed by atoms with E-state index in [1.807, 2.05) is 6.26 Å². The lowest BCUT2D eigenvalue weighted by Crippen LogP contribution is -2.30. The molecule has 0 saturated heterocycles. The van der Waals surface area contributed by atoms with Crippen molar-refractivity contribution in [1.82, 2.24) is 15.3 Å². The second-order valence-corrected chi connectivity index (χ2v) is 5.13. The van der Waals surface area contributed by atoms with Crippen LogP contribution in [-0.2, 0) is 0 Å². The van der Waals surface area contributed by atoms with Crippen molar-refractivity contribution >= 4 is 29.3 Å². The van der Waals surface area contributed by atoms with E-state index in [2.05, 4.69) is 29.1 Å². The zero-order chi connectivity index (χ0) is 13.5. The number of thioether (sulfide) groups is 1. The van der Waals surface area contributed by atoms with E-state index >= 15 is 0 Å². The van der Waals surface area contributed by atoms with Gasteiger partial charge in [0.15, 0.2) is 10.9 Å². The maximum atomic E-state index is 12.0. The zero-order valence-electron chi connectivity index (χ0n) is 10.9. The molecule has 6 heteroatoms. The molecule has 100 valence electrons. The lowest BCUT2D eigenvalue weighted by Gasteiger charge is -2.13. The summed E-state index contributed by atoms with van der Waals surface area (Å²) >= 11 is 7.32. The molecule has 0 saturated carbocycles. The van der Waals surface area contributed by atoms with Crippen molar-refractivity contribution in [2.45, 2.75) is 31.8 Å². The highest BCUT2D eigenvalue weighted by molar-refractivity contribution is 7.98. The van der Waals surface area contributed by atoms with Crippen LogP contribution in [0.2, 0.25) is 5.02 Å². The summed E-state index contributed by atoms with van der Waals surface area (Å²) in [6, 6.07) is 0. The van der Waals surface area contributed by atoms with E-state index in [1.165, 1.54) is 18.0 Å². The third-order valence-electron chi connectivity index (χ3n) is 2.83. The highest BCUT2D eigenvalue weighted by Gasteiger charge is 2.15. The van der Waals surface area contributed by atoms with E-state index in [0.717, 1.165) is 12.8 Å². The molecule has 0 aromatic carbocycles. The summed E-state index contributed by atoms with van der Waals surface area (Å²) in [7, 11) is 0. The summed E-state index contributed by atoms with van der Waals surface area (Å²) in [5.41, 5.74) is 0.252. The van der Waals surface area contributed by atoms with Crippen LogP contribution in [0.3, 0.4) is 0 Å². The van der Waals surface area contributed by atoms with Crippen molar-refractivity contribution in [2.24, 2.45) is 5.92 Å². The molecule has 0 spiro atoms. The van der Waals surface area contributed by atoms with Gasteiger partial charge in [0.1, 0.15) is 0 Å². The Morgan fingerprint density at radius 2 is 2.17 bits per heavy atom. The molecule has 0 radical (unpaired) electrons. The minimum absolute atomic E-state index is 0.232. The third kappa shape index (κ3) is 4.14. The van der Waals surface area contributed by atoms with Crippen LogP contribution >= 0.6 is 23.4 Å². The van der Waals surface area contributed by atoms with E-state index in [9.17, 15) is 4.79 Å². The van der Waals surface area contributed by atoms with E-state index in [4.69, 9.17) is 11.6 Å². The lowest BCUT2D eigenvalue weighted by molar-refractivity contribution is 0.0940. The molecule has 1 aromatic rings. The van der Waals surface area contributed by atoms with Gasteiger partial charge in [0.05, 0.1) is 11.2 Å². The molecule has 1 rings (SSSR count). The van der Waals surface area contributed by atoms with Gasteiger partial charge in [-0.2, -0.15) is 0 Å². The molecule has 1 N–H and O–H groups in total. The number of carbonyl (C=O) groups is 1. The highest BCUT2D eigenvalue weighted by atomic mass is 35.5. The summed E-state index contributed by atoms with van der Waals surface area (Å²) in [6.07, 6.45) is 5.41. The Balaban J connectivity index is 2.71. The van der Waals surface area contributed by atoms with Crippen molar-refractivity contribution in [2.75, 3.05) is 12.8 Å². The Labute approximate surface area is 117 Å². The highest BCUT2D eigenvalue weighted by Crippen LogP contribution is 2.16. The van der Waals surface area contributed by atoms with Gasteiger partial charge in [0.2, 0.25) is 0 Å². The molecule has 1 heterocycles. The second kappa shape index (κ2) is 7.59. The van der Waals surface area contributed by atoms with E-state index in [1.54, 1.807) is 0 Å². The van der Waals surface area contributed by atoms with Gasteiger partial charge in [0.25, 0.3) is 5.91 Å². The number of nitrogens with one attached hydrogen (secondary N) is 1. The van der Waals surface area contributed by atoms with E-state index < -0.39 is 0 Å². The largest absolute Gasteiger partial charge is 0.350 e. The van der Waals surface area contributed by atoms with Gasteiger partial charge in [-0.3, -0.25) is 4.79 Å². The fourth-order valence-corrected chi connectivity index (χ4v) is 2.02. The molecule has 18 heavy (non-hydrogen) atoms. The molecule has 0 aliphatic carbocycles. The summed E-state index contributed by atoms with van der Waals surface area (Å²) in [5.74, 6) is 0.263. The van der Waals surface area contributed by atoms with Crippen molar-refractivity contribution in [3.05, 3.63) is 16.9 Å². The van der Waals surface area contributed by atoms with Crippen LogP contribution in [-0.4, -0.2) is 28.7 Å². The number of nitrogens with zero attached hydrogens (tertiary/aromatic N) is 2. The van der Waals surface area contributed by atoms with Gasteiger partial charge in [-0.15, -0.1) is 0 Å². The fourth-order valence-electron chi connectivity index (χ4n) is 1.51. The van der Waals surface area contributed by atoms with Gasteiger partial charge < -0.3 is 5.32 Å². The normalized spacial score (nSPS) is 10.7. The molecular formula is C12H18ClN3OS. The first-order chi connectivity index (χ1) is 8.62. The quantitative estimate of drug-likeness (QED) is 0.645. The summed E-state index contributed by atoms with van der Waals surface area (Å²) in [5, 5.41) is 3.71. The lowest BCUT2D eigenvalue weighted by atomic mass is 10.0. The Morgan fingerprint density at radius 3 is 2.72 bits per heavy atom. The Kier molecular flexibility index (Phi) is 6.43. The first-order valence-corrected chi connectivity index (χ1v) is 7.57. The van der Waals surface area contributed by atoms with Crippen LogP contribution in [0.15, 0.2) is 11.4 Å². The van der Waals surface area contributed by atoms with Crippen molar-refractivity contribution < 1.29 is 4.79 Å². The summed E-state index contributed by atoms with van der Waals surface area (Å²) in [6.45, 7) is 4.88. The number of aromatic nitrogens is 2. The number of amides is 1. The van der Waals surface area contributed by atoms with Crippen molar-refractivity contribution in [1.29, 1.82) is 0 Å². The predicted octanol–water partition coefficient (Wildman–Crippen LogP) is 3.02. The monoisotopic (exact) mass is 287 g/mol. The maximum absolute atomic E-state index is 12.0. The number of carbonyl (C=O) groups excluding carboxylic acids is 1. The van der Waals surface area contributed by atoms with Crippen LogP contribution in [0.4, 0.5) is 0 Å². The zero-order valence-corrected chi connectivity index (χ0v) is 12.4. The summed E-state index contributed by atoms with van der Waals surface area (Å²) in [4.78, 5) is 20.1. The number of hydrogen-bond acceptors (Lipinski definition) is 4. The number of halogens is 1. The van der Waals surface area contributed by atoms with Gasteiger partial charge in [-0.25, -0.2) is 9.97 Å². The third-order valence-corrected chi connectivity index (χ3v) is 3.66. The fraction of sp³-hybridized carbons (Fsp3) is 0.583. The topological polar surface area (TPSA) is 54.9 Å². The van der Waals surface area contributed by atoms with Crippen LogP contribution in [0.1, 0.15) is 37.2 Å². The van der Waals surface area contributed by atoms with Gasteiger partial charge in [0, 0.05) is 6.54 Å². The van der Waals surface area contributed by atoms with Gasteiger partial charge in [-0.05, 0) is 12.2 Å². The SMILES string of the molecule is CCC(CC)CNC(=O)c1nc(SC)ncc1Cl. The molecule has 0 bridgehead atoms. The molecule has 0 fully saturated rings. The van der Waals surface area contributed by atoms with E-state index in [-0.39, 0.29) is 16.6 Å². The molecule has 1 amide bonds. The van der Waals surface area contributed by atoms with Crippen molar-refractivity contribution in [3.8, 4) is 0 Å². The standard InChI is InChI=1S/C12H18ClN3OS/c1-4-8(5-2)6-14-11(17)10-9(13)7-15-12(16-10)18-3/h7-8H,4-6H2,1-3H3,(H,14,17). The van der Waals surface area contributed by atoms with Gasteiger partial charge >= 0.3 is 0 Å². The first kappa shape index (κ1) is 15.2. The molecule has 0 aliphatic heterocycles. The average Bonchev–Trinajstić information content (AvgIpc) is 2.40. The maximum Gasteiger partial charge on any atom is 0.271 e. The van der Waals surface area contributed by atoms with E-state index in [0.29, 0.717) is 17.6 Å². The van der Waals surface area contributed by atoms with Crippen molar-refractivity contribution in [3.63, 3.8) is 0 Å². The smallest absolute Gasteiger partial charge is 0.271 e. The minimum atomic E-state index is -0.232. The van der Waals surface area contributed by atoms with Crippen LogP contribution < -0.4 is 5.32 Å². The van der Waals surface area contributed by atoms with Crippen LogP contribution in [0, 0.1) is 5.92 Å². The second-order valence-electron chi connectivity index (χ2n) is 3.95. The first-order valence-electron chi connectivity index (χ1n) is 5.97. The Morgan fingerprint density at radius 1 is 1.50 bits per heavy atom. The molecule has 4 nitrogen and oxygen atoms in total. The molecular weight excluding hydrogens is 270 g/mol. The van der Waals surface area contributed by atoms with Crippen LogP contribution in [0.5, 0.6) is 0 Å². The predicted molar refractivity (Wildman–Crippen MR) is 75.2 cm³/mol. The number of rotatable bonds is 6. The Bertz CT molecular complexity index is 410. The summed E-state index contributed by atoms with van der Waals surface area (Å²) < 4.78 is 0. The average molecular weight is 288 g/mol.